The number of nitrogens with one attached hydrogen (secondary N) is 1. The van der Waals surface area contributed by atoms with Crippen LogP contribution in [0.15, 0.2) is 22.8 Å². The first-order valence-electron chi connectivity index (χ1n) is 5.02. The molecule has 0 aliphatic carbocycles. The van der Waals surface area contributed by atoms with Gasteiger partial charge in [0, 0.05) is 17.8 Å². The smallest absolute Gasteiger partial charge is 0.133 e. The summed E-state index contributed by atoms with van der Waals surface area (Å²) in [7, 11) is 0. The first-order valence-corrected chi connectivity index (χ1v) is 6.25. The molecule has 0 aromatic carbocycles. The Kier molecular flexibility index (Phi) is 4.70. The van der Waals surface area contributed by atoms with Crippen molar-refractivity contribution in [3.63, 3.8) is 0 Å². The molecular weight excluding hydrogens is 210 g/mol. The van der Waals surface area contributed by atoms with Crippen LogP contribution in [-0.2, 0) is 0 Å². The molecule has 3 nitrogen and oxygen atoms in total. The fourth-order valence-electron chi connectivity index (χ4n) is 1.16. The number of aliphatic hydroxyl groups is 1. The van der Waals surface area contributed by atoms with Gasteiger partial charge in [-0.25, -0.2) is 0 Å². The highest BCUT2D eigenvalue weighted by molar-refractivity contribution is 7.99. The van der Waals surface area contributed by atoms with E-state index in [1.54, 1.807) is 18.4 Å². The van der Waals surface area contributed by atoms with Crippen LogP contribution in [0.25, 0.3) is 0 Å². The van der Waals surface area contributed by atoms with Crippen molar-refractivity contribution in [1.29, 1.82) is 0 Å². The SMILES string of the molecule is CSC(C)(C)CNCC(O)c1ccco1. The van der Waals surface area contributed by atoms with Crippen LogP contribution in [0.5, 0.6) is 0 Å². The van der Waals surface area contributed by atoms with Crippen LogP contribution < -0.4 is 5.32 Å². The molecule has 0 amide bonds. The molecule has 15 heavy (non-hydrogen) atoms. The molecule has 0 saturated heterocycles. The quantitative estimate of drug-likeness (QED) is 0.783. The van der Waals surface area contributed by atoms with Crippen molar-refractivity contribution in [1.82, 2.24) is 5.32 Å². The van der Waals surface area contributed by atoms with Crippen molar-refractivity contribution in [3.05, 3.63) is 24.2 Å². The maximum atomic E-state index is 9.72. The average molecular weight is 229 g/mol. The van der Waals surface area contributed by atoms with Gasteiger partial charge >= 0.3 is 0 Å². The number of rotatable bonds is 6. The summed E-state index contributed by atoms with van der Waals surface area (Å²) in [6.07, 6.45) is 3.10. The van der Waals surface area contributed by atoms with E-state index in [1.165, 1.54) is 0 Å². The Balaban J connectivity index is 2.26. The van der Waals surface area contributed by atoms with E-state index in [2.05, 4.69) is 25.4 Å². The molecule has 0 radical (unpaired) electrons. The molecule has 1 aromatic heterocycles. The summed E-state index contributed by atoms with van der Waals surface area (Å²) >= 11 is 1.81. The van der Waals surface area contributed by atoms with Gasteiger partial charge in [-0.3, -0.25) is 0 Å². The molecule has 1 atom stereocenters. The third-order valence-electron chi connectivity index (χ3n) is 2.31. The molecule has 1 rings (SSSR count). The monoisotopic (exact) mass is 229 g/mol. The van der Waals surface area contributed by atoms with Gasteiger partial charge in [0.25, 0.3) is 0 Å². The van der Waals surface area contributed by atoms with Crippen molar-refractivity contribution in [2.75, 3.05) is 19.3 Å². The predicted molar refractivity (Wildman–Crippen MR) is 64.1 cm³/mol. The summed E-state index contributed by atoms with van der Waals surface area (Å²) in [5.74, 6) is 0.615. The van der Waals surface area contributed by atoms with E-state index >= 15 is 0 Å². The van der Waals surface area contributed by atoms with Crippen molar-refractivity contribution >= 4 is 11.8 Å². The van der Waals surface area contributed by atoms with Crippen LogP contribution in [0.3, 0.4) is 0 Å². The maximum Gasteiger partial charge on any atom is 0.133 e. The highest BCUT2D eigenvalue weighted by Crippen LogP contribution is 2.20. The van der Waals surface area contributed by atoms with Gasteiger partial charge in [0.1, 0.15) is 11.9 Å². The third-order valence-corrected chi connectivity index (χ3v) is 3.56. The molecule has 0 spiro atoms. The molecule has 0 bridgehead atoms. The van der Waals surface area contributed by atoms with E-state index in [0.29, 0.717) is 12.3 Å². The highest BCUT2D eigenvalue weighted by atomic mass is 32.2. The van der Waals surface area contributed by atoms with E-state index in [-0.39, 0.29) is 4.75 Å². The molecule has 0 aliphatic heterocycles. The molecular formula is C11H19NO2S. The third kappa shape index (κ3) is 4.28. The van der Waals surface area contributed by atoms with Gasteiger partial charge in [-0.1, -0.05) is 0 Å². The topological polar surface area (TPSA) is 45.4 Å². The lowest BCUT2D eigenvalue weighted by Gasteiger charge is -2.23. The fraction of sp³-hybridized carbons (Fsp3) is 0.636. The van der Waals surface area contributed by atoms with E-state index in [0.717, 1.165) is 6.54 Å². The first kappa shape index (κ1) is 12.6. The fourth-order valence-corrected chi connectivity index (χ4v) is 1.41. The summed E-state index contributed by atoms with van der Waals surface area (Å²) in [6.45, 7) is 5.73. The van der Waals surface area contributed by atoms with Gasteiger partial charge in [0.2, 0.25) is 0 Å². The molecule has 0 aliphatic rings. The van der Waals surface area contributed by atoms with Gasteiger partial charge in [-0.2, -0.15) is 11.8 Å². The highest BCUT2D eigenvalue weighted by Gasteiger charge is 2.16. The molecule has 1 heterocycles. The Morgan fingerprint density at radius 3 is 2.87 bits per heavy atom. The van der Waals surface area contributed by atoms with Gasteiger partial charge in [-0.05, 0) is 32.2 Å². The summed E-state index contributed by atoms with van der Waals surface area (Å²) in [4.78, 5) is 0. The van der Waals surface area contributed by atoms with Crippen LogP contribution in [0.1, 0.15) is 25.7 Å². The standard InChI is InChI=1S/C11H19NO2S/c1-11(2,15-3)8-12-7-9(13)10-5-4-6-14-10/h4-6,9,12-13H,7-8H2,1-3H3. The Hall–Kier alpha value is -0.450. The molecule has 0 fully saturated rings. The van der Waals surface area contributed by atoms with E-state index < -0.39 is 6.10 Å². The maximum absolute atomic E-state index is 9.72. The number of aliphatic hydroxyl groups excluding tert-OH is 1. The van der Waals surface area contributed by atoms with Gasteiger partial charge in [-0.15, -0.1) is 0 Å². The minimum Gasteiger partial charge on any atom is -0.467 e. The van der Waals surface area contributed by atoms with Crippen molar-refractivity contribution in [3.8, 4) is 0 Å². The van der Waals surface area contributed by atoms with Gasteiger partial charge in [0.05, 0.1) is 6.26 Å². The van der Waals surface area contributed by atoms with E-state index in [9.17, 15) is 5.11 Å². The summed E-state index contributed by atoms with van der Waals surface area (Å²) in [5, 5.41) is 12.9. The van der Waals surface area contributed by atoms with Gasteiger partial charge < -0.3 is 14.8 Å². The molecule has 0 saturated carbocycles. The van der Waals surface area contributed by atoms with Crippen LogP contribution in [0.4, 0.5) is 0 Å². The zero-order chi connectivity index (χ0) is 11.3. The Labute approximate surface area is 95.2 Å². The zero-order valence-corrected chi connectivity index (χ0v) is 10.3. The molecule has 2 N–H and O–H groups in total. The number of furan rings is 1. The lowest BCUT2D eigenvalue weighted by Crippen LogP contribution is -2.34. The Morgan fingerprint density at radius 2 is 2.33 bits per heavy atom. The minimum absolute atomic E-state index is 0.197. The molecule has 1 unspecified atom stereocenters. The van der Waals surface area contributed by atoms with Crippen molar-refractivity contribution in [2.24, 2.45) is 0 Å². The van der Waals surface area contributed by atoms with Crippen molar-refractivity contribution < 1.29 is 9.52 Å². The zero-order valence-electron chi connectivity index (χ0n) is 9.49. The second kappa shape index (κ2) is 5.58. The molecule has 4 heteroatoms. The van der Waals surface area contributed by atoms with Crippen molar-refractivity contribution in [2.45, 2.75) is 24.7 Å². The average Bonchev–Trinajstić information content (AvgIpc) is 2.70. The van der Waals surface area contributed by atoms with E-state index in [1.807, 2.05) is 11.8 Å². The van der Waals surface area contributed by atoms with Gasteiger partial charge in [0.15, 0.2) is 0 Å². The van der Waals surface area contributed by atoms with Crippen LogP contribution in [0, 0.1) is 0 Å². The lowest BCUT2D eigenvalue weighted by atomic mass is 10.2. The number of hydrogen-bond acceptors (Lipinski definition) is 4. The van der Waals surface area contributed by atoms with Crippen LogP contribution in [-0.4, -0.2) is 29.2 Å². The normalized spacial score (nSPS) is 14.1. The summed E-state index contributed by atoms with van der Waals surface area (Å²) < 4.78 is 5.31. The lowest BCUT2D eigenvalue weighted by molar-refractivity contribution is 0.147. The van der Waals surface area contributed by atoms with Crippen LogP contribution >= 0.6 is 11.8 Å². The Morgan fingerprint density at radius 1 is 1.60 bits per heavy atom. The summed E-state index contributed by atoms with van der Waals surface area (Å²) in [5.41, 5.74) is 0. The predicted octanol–water partition coefficient (Wildman–Crippen LogP) is 2.04. The second-order valence-corrected chi connectivity index (χ2v) is 5.64. The largest absolute Gasteiger partial charge is 0.467 e. The first-order chi connectivity index (χ1) is 7.05. The Bertz CT molecular complexity index is 272. The molecule has 1 aromatic rings. The summed E-state index contributed by atoms with van der Waals surface area (Å²) in [6, 6.07) is 3.57. The van der Waals surface area contributed by atoms with Crippen LogP contribution in [0.2, 0.25) is 0 Å². The second-order valence-electron chi connectivity index (χ2n) is 4.13. The number of thioether (sulfide) groups is 1. The number of hydrogen-bond donors (Lipinski definition) is 2. The minimum atomic E-state index is -0.558. The van der Waals surface area contributed by atoms with E-state index in [4.69, 9.17) is 4.42 Å². The molecule has 86 valence electrons.